The Balaban J connectivity index is 1.95. The van der Waals surface area contributed by atoms with Gasteiger partial charge in [0.15, 0.2) is 5.82 Å². The van der Waals surface area contributed by atoms with E-state index in [0.29, 0.717) is 5.82 Å². The largest absolute Gasteiger partial charge is 0.431 e. The summed E-state index contributed by atoms with van der Waals surface area (Å²) in [7, 11) is 1.69. The van der Waals surface area contributed by atoms with Gasteiger partial charge < -0.3 is 9.13 Å². The van der Waals surface area contributed by atoms with Gasteiger partial charge in [0, 0.05) is 23.4 Å². The molecule has 3 aromatic heterocycles. The second-order valence-corrected chi connectivity index (χ2v) is 9.77. The molecule has 0 aliphatic rings. The second-order valence-electron chi connectivity index (χ2n) is 7.41. The number of thiophene rings is 1. The van der Waals surface area contributed by atoms with Gasteiger partial charge in [0.05, 0.1) is 10.4 Å². The van der Waals surface area contributed by atoms with Crippen LogP contribution in [0.2, 0.25) is 0 Å². The Morgan fingerprint density at radius 1 is 1.12 bits per heavy atom. The Morgan fingerprint density at radius 2 is 1.81 bits per heavy atom. The Morgan fingerprint density at radius 3 is 2.41 bits per heavy atom. The van der Waals surface area contributed by atoms with Crippen molar-refractivity contribution in [3.05, 3.63) is 58.0 Å². The third-order valence-corrected chi connectivity index (χ3v) is 7.51. The zero-order valence-electron chi connectivity index (χ0n) is 18.1. The summed E-state index contributed by atoms with van der Waals surface area (Å²) in [6.07, 6.45) is -4.63. The van der Waals surface area contributed by atoms with E-state index in [1.54, 1.807) is 23.4 Å². The Kier molecular flexibility index (Phi) is 5.98. The van der Waals surface area contributed by atoms with Crippen molar-refractivity contribution in [1.82, 2.24) is 14.1 Å². The molecule has 0 atom stereocenters. The van der Waals surface area contributed by atoms with Crippen LogP contribution in [0.1, 0.15) is 25.1 Å². The van der Waals surface area contributed by atoms with Crippen molar-refractivity contribution in [3.63, 3.8) is 0 Å². The van der Waals surface area contributed by atoms with Crippen molar-refractivity contribution < 1.29 is 13.2 Å². The minimum atomic E-state index is -4.63. The molecule has 0 saturated carbocycles. The normalized spacial score (nSPS) is 12.1. The van der Waals surface area contributed by atoms with E-state index < -0.39 is 17.4 Å². The van der Waals surface area contributed by atoms with Crippen LogP contribution in [-0.4, -0.2) is 19.9 Å². The smallest absolute Gasteiger partial charge is 0.322 e. The molecule has 0 radical (unpaired) electrons. The van der Waals surface area contributed by atoms with Crippen molar-refractivity contribution in [3.8, 4) is 21.1 Å². The van der Waals surface area contributed by atoms with Crippen molar-refractivity contribution >= 4 is 34.1 Å². The molecular formula is C23H22F3N3OS2. The first-order valence-electron chi connectivity index (χ1n) is 10.2. The molecule has 4 aromatic rings. The summed E-state index contributed by atoms with van der Waals surface area (Å²) in [6.45, 7) is 5.53. The maximum atomic E-state index is 13.6. The van der Waals surface area contributed by atoms with E-state index in [1.165, 1.54) is 18.3 Å². The first-order valence-corrected chi connectivity index (χ1v) is 12.0. The predicted octanol–water partition coefficient (Wildman–Crippen LogP) is 6.59. The van der Waals surface area contributed by atoms with Gasteiger partial charge in [-0.15, -0.1) is 23.1 Å². The number of alkyl halides is 3. The molecule has 0 spiro atoms. The van der Waals surface area contributed by atoms with Gasteiger partial charge in [-0.3, -0.25) is 4.79 Å². The van der Waals surface area contributed by atoms with E-state index in [2.05, 4.69) is 23.2 Å². The molecular weight excluding hydrogens is 455 g/mol. The van der Waals surface area contributed by atoms with E-state index in [4.69, 9.17) is 0 Å². The number of rotatable bonds is 5. The topological polar surface area (TPSA) is 39.8 Å². The monoisotopic (exact) mass is 477 g/mol. The molecule has 0 fully saturated rings. The van der Waals surface area contributed by atoms with E-state index in [0.717, 1.165) is 42.2 Å². The van der Waals surface area contributed by atoms with Gasteiger partial charge in [-0.05, 0) is 37.3 Å². The van der Waals surface area contributed by atoms with Crippen molar-refractivity contribution in [2.45, 2.75) is 38.4 Å². The first-order chi connectivity index (χ1) is 15.2. The molecule has 4 rings (SSSR count). The summed E-state index contributed by atoms with van der Waals surface area (Å²) in [5.74, 6) is 1.33. The van der Waals surface area contributed by atoms with E-state index in [-0.39, 0.29) is 17.6 Å². The van der Waals surface area contributed by atoms with Crippen LogP contribution in [0.5, 0.6) is 0 Å². The van der Waals surface area contributed by atoms with Gasteiger partial charge in [0.2, 0.25) is 0 Å². The average Bonchev–Trinajstić information content (AvgIpc) is 3.29. The number of hydrogen-bond acceptors (Lipinski definition) is 4. The molecule has 0 N–H and O–H groups in total. The number of aryl methyl sites for hydroxylation is 2. The van der Waals surface area contributed by atoms with Gasteiger partial charge in [-0.25, -0.2) is 4.98 Å². The molecule has 0 aliphatic heterocycles. The average molecular weight is 478 g/mol. The number of fused-ring (bicyclic) bond motifs is 1. The predicted molar refractivity (Wildman–Crippen MR) is 126 cm³/mol. The van der Waals surface area contributed by atoms with Gasteiger partial charge in [-0.2, -0.15) is 13.2 Å². The van der Waals surface area contributed by atoms with Gasteiger partial charge >= 0.3 is 6.18 Å². The molecule has 168 valence electrons. The number of halogens is 3. The summed E-state index contributed by atoms with van der Waals surface area (Å²) in [5, 5.41) is 0. The van der Waals surface area contributed by atoms with E-state index in [9.17, 15) is 18.0 Å². The fourth-order valence-corrected chi connectivity index (χ4v) is 5.92. The van der Waals surface area contributed by atoms with Crippen LogP contribution in [-0.2, 0) is 19.8 Å². The maximum Gasteiger partial charge on any atom is 0.431 e. The highest BCUT2D eigenvalue weighted by molar-refractivity contribution is 7.99. The second kappa shape index (κ2) is 8.44. The van der Waals surface area contributed by atoms with Crippen LogP contribution >= 0.6 is 23.1 Å². The van der Waals surface area contributed by atoms with E-state index >= 15 is 0 Å². The Bertz CT molecular complexity index is 1350. The number of imidazole rings is 1. The zero-order valence-corrected chi connectivity index (χ0v) is 19.7. The highest BCUT2D eigenvalue weighted by Gasteiger charge is 2.36. The number of benzene rings is 1. The minimum Gasteiger partial charge on any atom is -0.322 e. The molecule has 32 heavy (non-hydrogen) atoms. The molecule has 0 bridgehead atoms. The van der Waals surface area contributed by atoms with Crippen LogP contribution in [0.15, 0.2) is 46.1 Å². The summed E-state index contributed by atoms with van der Waals surface area (Å²) in [5.41, 5.74) is 0.804. The maximum absolute atomic E-state index is 13.6. The standard InChI is InChI=1S/C23H22F3N3OS2/c1-5-29-18(23(24,25)26)11-15-19(22(29)30)28(4)21(27-15)20-17(31-6-2)12-16(32-20)14-9-7-13(3)8-10-14/h7-12H,5-6H2,1-4H3. The lowest BCUT2D eigenvalue weighted by Gasteiger charge is -2.13. The lowest BCUT2D eigenvalue weighted by Crippen LogP contribution is -2.28. The summed E-state index contributed by atoms with van der Waals surface area (Å²) in [4.78, 5) is 20.4. The number of nitrogens with zero attached hydrogens (tertiary/aromatic N) is 3. The Hall–Kier alpha value is -2.52. The van der Waals surface area contributed by atoms with Crippen LogP contribution in [0, 0.1) is 6.92 Å². The van der Waals surface area contributed by atoms with Crippen molar-refractivity contribution in [1.29, 1.82) is 0 Å². The number of pyridine rings is 1. The SMILES string of the molecule is CCSc1cc(-c2ccc(C)cc2)sc1-c1nc2cc(C(F)(F)F)n(CC)c(=O)c2n1C. The highest BCUT2D eigenvalue weighted by atomic mass is 32.2. The fourth-order valence-electron chi connectivity index (χ4n) is 3.72. The molecule has 3 heterocycles. The summed E-state index contributed by atoms with van der Waals surface area (Å²) in [6, 6.07) is 11.3. The molecule has 4 nitrogen and oxygen atoms in total. The van der Waals surface area contributed by atoms with Crippen LogP contribution in [0.4, 0.5) is 13.2 Å². The van der Waals surface area contributed by atoms with Crippen LogP contribution < -0.4 is 5.56 Å². The number of thioether (sulfide) groups is 1. The number of hydrogen-bond donors (Lipinski definition) is 0. The molecule has 0 aliphatic carbocycles. The Labute approximate surface area is 191 Å². The lowest BCUT2D eigenvalue weighted by atomic mass is 10.1. The van der Waals surface area contributed by atoms with Gasteiger partial charge in [0.25, 0.3) is 5.56 Å². The molecule has 0 amide bonds. The van der Waals surface area contributed by atoms with Crippen molar-refractivity contribution in [2.24, 2.45) is 7.05 Å². The molecule has 0 unspecified atom stereocenters. The molecule has 1 aromatic carbocycles. The van der Waals surface area contributed by atoms with E-state index in [1.807, 2.05) is 26.0 Å². The summed E-state index contributed by atoms with van der Waals surface area (Å²) >= 11 is 3.18. The molecule has 0 saturated heterocycles. The fraction of sp³-hybridized carbons (Fsp3) is 0.304. The van der Waals surface area contributed by atoms with Gasteiger partial charge in [-0.1, -0.05) is 36.8 Å². The minimum absolute atomic E-state index is 0.0576. The third kappa shape index (κ3) is 3.88. The van der Waals surface area contributed by atoms with Crippen LogP contribution in [0.25, 0.3) is 32.2 Å². The summed E-state index contributed by atoms with van der Waals surface area (Å²) < 4.78 is 43.1. The lowest BCUT2D eigenvalue weighted by molar-refractivity contribution is -0.144. The van der Waals surface area contributed by atoms with Gasteiger partial charge in [0.1, 0.15) is 11.2 Å². The quantitative estimate of drug-likeness (QED) is 0.305. The van der Waals surface area contributed by atoms with Crippen LogP contribution in [0.3, 0.4) is 0 Å². The third-order valence-electron chi connectivity index (χ3n) is 5.28. The van der Waals surface area contributed by atoms with Crippen molar-refractivity contribution in [2.75, 3.05) is 5.75 Å². The highest BCUT2D eigenvalue weighted by Crippen LogP contribution is 2.43. The molecule has 9 heteroatoms. The zero-order chi connectivity index (χ0) is 23.2. The first kappa shape index (κ1) is 22.7. The number of aromatic nitrogens is 3.